The average Bonchev–Trinajstić information content (AvgIpc) is 2.76. The number of aromatic nitrogens is 2. The van der Waals surface area contributed by atoms with Crippen molar-refractivity contribution in [3.63, 3.8) is 0 Å². The lowest BCUT2D eigenvalue weighted by Gasteiger charge is -2.36. The van der Waals surface area contributed by atoms with Crippen LogP contribution >= 0.6 is 11.8 Å². The largest absolute Gasteiger partial charge is 0.342 e. The lowest BCUT2D eigenvalue weighted by molar-refractivity contribution is -0.131. The van der Waals surface area contributed by atoms with E-state index in [2.05, 4.69) is 13.8 Å². The highest BCUT2D eigenvalue weighted by atomic mass is 32.2. The molecule has 1 saturated carbocycles. The third-order valence-corrected chi connectivity index (χ3v) is 8.12. The molecule has 2 fully saturated rings. The van der Waals surface area contributed by atoms with E-state index in [1.165, 1.54) is 24.6 Å². The topological polar surface area (TPSA) is 55.2 Å². The van der Waals surface area contributed by atoms with E-state index >= 15 is 0 Å². The zero-order valence-corrected chi connectivity index (χ0v) is 19.2. The van der Waals surface area contributed by atoms with Crippen molar-refractivity contribution in [1.82, 2.24) is 14.5 Å². The van der Waals surface area contributed by atoms with Crippen LogP contribution in [0.4, 0.5) is 0 Å². The van der Waals surface area contributed by atoms with Gasteiger partial charge < -0.3 is 4.90 Å². The highest BCUT2D eigenvalue weighted by molar-refractivity contribution is 8.00. The Hall–Kier alpha value is -1.82. The predicted molar refractivity (Wildman–Crippen MR) is 123 cm³/mol. The summed E-state index contributed by atoms with van der Waals surface area (Å²) in [7, 11) is 0. The summed E-state index contributed by atoms with van der Waals surface area (Å²) < 4.78 is 1.92. The Morgan fingerprint density at radius 1 is 1.10 bits per heavy atom. The van der Waals surface area contributed by atoms with Crippen molar-refractivity contribution >= 4 is 28.6 Å². The molecular formula is C24H33N3O2S. The normalized spacial score (nSPS) is 26.0. The van der Waals surface area contributed by atoms with Gasteiger partial charge in [-0.15, -0.1) is 0 Å². The van der Waals surface area contributed by atoms with Crippen LogP contribution in [-0.2, 0) is 4.79 Å². The first-order valence-electron chi connectivity index (χ1n) is 11.4. The van der Waals surface area contributed by atoms with Gasteiger partial charge in [0.1, 0.15) is 0 Å². The lowest BCUT2D eigenvalue weighted by Crippen LogP contribution is -2.40. The number of benzene rings is 1. The molecule has 1 amide bonds. The Labute approximate surface area is 183 Å². The summed E-state index contributed by atoms with van der Waals surface area (Å²) in [6, 6.07) is 7.72. The Kier molecular flexibility index (Phi) is 6.51. The molecule has 0 radical (unpaired) electrons. The first-order valence-corrected chi connectivity index (χ1v) is 12.3. The first kappa shape index (κ1) is 21.4. The molecule has 2 heterocycles. The molecule has 4 rings (SSSR count). The molecule has 0 N–H and O–H groups in total. The van der Waals surface area contributed by atoms with Gasteiger partial charge in [0.05, 0.1) is 16.2 Å². The lowest BCUT2D eigenvalue weighted by atomic mass is 9.78. The van der Waals surface area contributed by atoms with Crippen molar-refractivity contribution < 1.29 is 4.79 Å². The second kappa shape index (κ2) is 9.13. The number of hydrogen-bond donors (Lipinski definition) is 0. The molecule has 30 heavy (non-hydrogen) atoms. The number of hydrogen-bond acceptors (Lipinski definition) is 4. The summed E-state index contributed by atoms with van der Waals surface area (Å²) in [4.78, 5) is 33.5. The number of amides is 1. The van der Waals surface area contributed by atoms with Crippen LogP contribution in [0.25, 0.3) is 10.9 Å². The van der Waals surface area contributed by atoms with Crippen molar-refractivity contribution in [2.75, 3.05) is 13.1 Å². The third-order valence-electron chi connectivity index (χ3n) is 7.07. The third kappa shape index (κ3) is 4.16. The van der Waals surface area contributed by atoms with Crippen molar-refractivity contribution in [2.24, 2.45) is 11.8 Å². The van der Waals surface area contributed by atoms with Crippen LogP contribution < -0.4 is 5.56 Å². The van der Waals surface area contributed by atoms with E-state index in [4.69, 9.17) is 4.98 Å². The van der Waals surface area contributed by atoms with Gasteiger partial charge in [-0.05, 0) is 56.6 Å². The maximum absolute atomic E-state index is 13.6. The summed E-state index contributed by atoms with van der Waals surface area (Å²) >= 11 is 1.46. The van der Waals surface area contributed by atoms with Gasteiger partial charge in [-0.1, -0.05) is 50.6 Å². The maximum atomic E-state index is 13.6. The van der Waals surface area contributed by atoms with Gasteiger partial charge in [-0.3, -0.25) is 14.2 Å². The molecule has 0 spiro atoms. The first-order chi connectivity index (χ1) is 14.5. The Morgan fingerprint density at radius 2 is 1.83 bits per heavy atom. The number of thioether (sulfide) groups is 1. The summed E-state index contributed by atoms with van der Waals surface area (Å²) in [5.41, 5.74) is 0.752. The molecular weight excluding hydrogens is 394 g/mol. The monoisotopic (exact) mass is 427 g/mol. The zero-order chi connectivity index (χ0) is 21.3. The predicted octanol–water partition coefficient (Wildman–Crippen LogP) is 4.89. The number of piperidine rings is 1. The van der Waals surface area contributed by atoms with Gasteiger partial charge in [0.2, 0.25) is 5.91 Å². The fourth-order valence-electron chi connectivity index (χ4n) is 5.00. The van der Waals surface area contributed by atoms with Crippen molar-refractivity contribution in [3.05, 3.63) is 34.6 Å². The Morgan fingerprint density at radius 3 is 2.60 bits per heavy atom. The number of para-hydroxylation sites is 1. The quantitative estimate of drug-likeness (QED) is 0.515. The Bertz CT molecular complexity index is 967. The van der Waals surface area contributed by atoms with Gasteiger partial charge in [-0.25, -0.2) is 4.98 Å². The molecule has 1 aliphatic heterocycles. The summed E-state index contributed by atoms with van der Waals surface area (Å²) in [6.45, 7) is 8.19. The molecule has 1 aliphatic carbocycles. The average molecular weight is 428 g/mol. The molecule has 1 aromatic carbocycles. The smallest absolute Gasteiger partial charge is 0.262 e. The highest BCUT2D eigenvalue weighted by Crippen LogP contribution is 2.39. The van der Waals surface area contributed by atoms with Gasteiger partial charge in [-0.2, -0.15) is 0 Å². The van der Waals surface area contributed by atoms with Crippen LogP contribution in [0.5, 0.6) is 0 Å². The standard InChI is InChI=1S/C24H33N3O2S/c1-16-10-9-13-21(17(16)2)27-23(29)19-11-5-6-12-20(19)25-24(27)30-18(3)22(28)26-14-7-4-8-15-26/h5-6,11-12,16-18,21H,4,7-10,13-15H2,1-3H3/t16-,17+,18-,21+/m0/s1. The minimum Gasteiger partial charge on any atom is -0.342 e. The van der Waals surface area contributed by atoms with E-state index < -0.39 is 0 Å². The minimum atomic E-state index is -0.251. The van der Waals surface area contributed by atoms with E-state index in [9.17, 15) is 9.59 Å². The fourth-order valence-corrected chi connectivity index (χ4v) is 6.05. The number of rotatable bonds is 4. The molecule has 162 valence electrons. The Balaban J connectivity index is 1.72. The van der Waals surface area contributed by atoms with E-state index in [-0.39, 0.29) is 22.8 Å². The van der Waals surface area contributed by atoms with E-state index in [1.807, 2.05) is 40.7 Å². The molecule has 2 aliphatic rings. The second-order valence-corrected chi connectivity index (χ2v) is 10.4. The van der Waals surface area contributed by atoms with Crippen molar-refractivity contribution in [2.45, 2.75) is 75.7 Å². The fraction of sp³-hybridized carbons (Fsp3) is 0.625. The van der Waals surface area contributed by atoms with E-state index in [0.717, 1.165) is 44.3 Å². The van der Waals surface area contributed by atoms with Gasteiger partial charge >= 0.3 is 0 Å². The molecule has 0 unspecified atom stereocenters. The molecule has 0 bridgehead atoms. The number of carbonyl (C=O) groups is 1. The zero-order valence-electron chi connectivity index (χ0n) is 18.3. The molecule has 5 nitrogen and oxygen atoms in total. The van der Waals surface area contributed by atoms with Gasteiger partial charge in [0, 0.05) is 19.1 Å². The van der Waals surface area contributed by atoms with Gasteiger partial charge in [0.25, 0.3) is 5.56 Å². The maximum Gasteiger partial charge on any atom is 0.262 e. The van der Waals surface area contributed by atoms with Crippen LogP contribution in [0.2, 0.25) is 0 Å². The summed E-state index contributed by atoms with van der Waals surface area (Å²) in [5, 5.41) is 1.11. The van der Waals surface area contributed by atoms with Crippen molar-refractivity contribution in [1.29, 1.82) is 0 Å². The van der Waals surface area contributed by atoms with Crippen LogP contribution in [0, 0.1) is 11.8 Å². The number of likely N-dealkylation sites (tertiary alicyclic amines) is 1. The van der Waals surface area contributed by atoms with Gasteiger partial charge in [0.15, 0.2) is 5.16 Å². The molecule has 1 saturated heterocycles. The number of fused-ring (bicyclic) bond motifs is 1. The van der Waals surface area contributed by atoms with Crippen LogP contribution in [0.15, 0.2) is 34.2 Å². The molecule has 4 atom stereocenters. The van der Waals surface area contributed by atoms with Crippen LogP contribution in [-0.4, -0.2) is 38.7 Å². The molecule has 2 aromatic rings. The number of carbonyl (C=O) groups excluding carboxylic acids is 1. The summed E-state index contributed by atoms with van der Waals surface area (Å²) in [5.74, 6) is 1.15. The second-order valence-electron chi connectivity index (χ2n) is 9.07. The SMILES string of the molecule is C[C@H]1[C@H](n2c(S[C@@H](C)C(=O)N3CCCCC3)nc3ccccc3c2=O)CCC[C@@H]1C. The summed E-state index contributed by atoms with van der Waals surface area (Å²) in [6.07, 6.45) is 6.70. The van der Waals surface area contributed by atoms with Crippen molar-refractivity contribution in [3.8, 4) is 0 Å². The molecule has 6 heteroatoms. The van der Waals surface area contributed by atoms with Crippen LogP contribution in [0.1, 0.15) is 65.3 Å². The highest BCUT2D eigenvalue weighted by Gasteiger charge is 2.32. The minimum absolute atomic E-state index is 0.0340. The van der Waals surface area contributed by atoms with E-state index in [0.29, 0.717) is 22.4 Å². The van der Waals surface area contributed by atoms with E-state index in [1.54, 1.807) is 0 Å². The molecule has 1 aromatic heterocycles. The number of nitrogens with zero attached hydrogens (tertiary/aromatic N) is 3. The van der Waals surface area contributed by atoms with Crippen LogP contribution in [0.3, 0.4) is 0 Å².